The Balaban J connectivity index is 1.58. The van der Waals surface area contributed by atoms with Gasteiger partial charge in [0, 0.05) is 0 Å². The zero-order valence-corrected chi connectivity index (χ0v) is 17.7. The van der Waals surface area contributed by atoms with Gasteiger partial charge in [-0.3, -0.25) is 5.32 Å². The SMILES string of the molecule is O=C(NCOC(c1ccccc1)(c1ccccc1)c1ccccc1)OCc1ccccc1. The topological polar surface area (TPSA) is 47.6 Å². The summed E-state index contributed by atoms with van der Waals surface area (Å²) < 4.78 is 11.8. The molecule has 32 heavy (non-hydrogen) atoms. The van der Waals surface area contributed by atoms with Gasteiger partial charge < -0.3 is 9.47 Å². The summed E-state index contributed by atoms with van der Waals surface area (Å²) in [7, 11) is 0. The van der Waals surface area contributed by atoms with Crippen molar-refractivity contribution < 1.29 is 14.3 Å². The van der Waals surface area contributed by atoms with Crippen molar-refractivity contribution in [3.8, 4) is 0 Å². The van der Waals surface area contributed by atoms with Crippen LogP contribution in [0.3, 0.4) is 0 Å². The molecule has 4 aromatic carbocycles. The molecule has 4 heteroatoms. The fraction of sp³-hybridized carbons (Fsp3) is 0.107. The summed E-state index contributed by atoms with van der Waals surface area (Å²) in [4.78, 5) is 12.3. The third-order valence-corrected chi connectivity index (χ3v) is 5.26. The highest BCUT2D eigenvalue weighted by atomic mass is 16.6. The van der Waals surface area contributed by atoms with Crippen LogP contribution in [0.5, 0.6) is 0 Å². The third kappa shape index (κ3) is 4.88. The average Bonchev–Trinajstić information content (AvgIpc) is 2.88. The number of carbonyl (C=O) groups is 1. The molecule has 0 spiro atoms. The first kappa shape index (κ1) is 21.3. The summed E-state index contributed by atoms with van der Waals surface area (Å²) in [5, 5.41) is 2.73. The molecule has 4 nitrogen and oxygen atoms in total. The fourth-order valence-electron chi connectivity index (χ4n) is 3.75. The second-order valence-corrected chi connectivity index (χ2v) is 7.31. The number of hydrogen-bond donors (Lipinski definition) is 1. The number of amides is 1. The summed E-state index contributed by atoms with van der Waals surface area (Å²) >= 11 is 0. The van der Waals surface area contributed by atoms with Gasteiger partial charge in [-0.15, -0.1) is 0 Å². The molecule has 4 aromatic rings. The molecule has 0 unspecified atom stereocenters. The van der Waals surface area contributed by atoms with E-state index >= 15 is 0 Å². The average molecular weight is 424 g/mol. The van der Waals surface area contributed by atoms with Crippen molar-refractivity contribution in [2.45, 2.75) is 12.2 Å². The van der Waals surface area contributed by atoms with E-state index in [-0.39, 0.29) is 13.3 Å². The highest BCUT2D eigenvalue weighted by Crippen LogP contribution is 2.40. The Morgan fingerprint density at radius 2 is 1.03 bits per heavy atom. The third-order valence-electron chi connectivity index (χ3n) is 5.26. The first-order chi connectivity index (χ1) is 15.8. The number of benzene rings is 4. The van der Waals surface area contributed by atoms with E-state index in [1.165, 1.54) is 0 Å². The van der Waals surface area contributed by atoms with Gasteiger partial charge in [-0.1, -0.05) is 121 Å². The van der Waals surface area contributed by atoms with Crippen LogP contribution in [0, 0.1) is 0 Å². The van der Waals surface area contributed by atoms with Gasteiger partial charge in [0.25, 0.3) is 0 Å². The molecule has 0 aliphatic rings. The first-order valence-corrected chi connectivity index (χ1v) is 10.5. The lowest BCUT2D eigenvalue weighted by Gasteiger charge is -2.35. The predicted molar refractivity (Wildman–Crippen MR) is 125 cm³/mol. The van der Waals surface area contributed by atoms with E-state index in [4.69, 9.17) is 9.47 Å². The molecule has 0 aromatic heterocycles. The molecule has 0 fully saturated rings. The zero-order valence-electron chi connectivity index (χ0n) is 17.7. The lowest BCUT2D eigenvalue weighted by molar-refractivity contribution is 0.000686. The van der Waals surface area contributed by atoms with Crippen LogP contribution in [-0.2, 0) is 21.7 Å². The summed E-state index contributed by atoms with van der Waals surface area (Å²) in [6.07, 6.45) is -0.531. The second-order valence-electron chi connectivity index (χ2n) is 7.31. The van der Waals surface area contributed by atoms with Gasteiger partial charge >= 0.3 is 6.09 Å². The van der Waals surface area contributed by atoms with E-state index in [9.17, 15) is 4.79 Å². The van der Waals surface area contributed by atoms with Gasteiger partial charge in [-0.25, -0.2) is 4.79 Å². The highest BCUT2D eigenvalue weighted by Gasteiger charge is 2.37. The van der Waals surface area contributed by atoms with Crippen LogP contribution in [0.25, 0.3) is 0 Å². The van der Waals surface area contributed by atoms with Crippen molar-refractivity contribution >= 4 is 6.09 Å². The molecule has 0 saturated heterocycles. The van der Waals surface area contributed by atoms with Crippen molar-refractivity contribution in [3.05, 3.63) is 144 Å². The second kappa shape index (κ2) is 10.4. The summed E-state index contributed by atoms with van der Waals surface area (Å²) in [6.45, 7) is 0.181. The first-order valence-electron chi connectivity index (χ1n) is 10.5. The van der Waals surface area contributed by atoms with Crippen LogP contribution in [0.4, 0.5) is 4.79 Å². The Morgan fingerprint density at radius 1 is 0.625 bits per heavy atom. The normalized spacial score (nSPS) is 11.0. The Morgan fingerprint density at radius 3 is 1.47 bits per heavy atom. The molecule has 0 atom stereocenters. The van der Waals surface area contributed by atoms with Crippen molar-refractivity contribution in [3.63, 3.8) is 0 Å². The predicted octanol–water partition coefficient (Wildman–Crippen LogP) is 5.88. The quantitative estimate of drug-likeness (QED) is 0.284. The minimum absolute atomic E-state index is 0.0215. The number of hydrogen-bond acceptors (Lipinski definition) is 3. The van der Waals surface area contributed by atoms with Crippen LogP contribution in [-0.4, -0.2) is 12.8 Å². The maximum absolute atomic E-state index is 12.3. The van der Waals surface area contributed by atoms with Gasteiger partial charge in [-0.2, -0.15) is 0 Å². The highest BCUT2D eigenvalue weighted by molar-refractivity contribution is 5.67. The van der Waals surface area contributed by atoms with Gasteiger partial charge in [0.2, 0.25) is 0 Å². The monoisotopic (exact) mass is 423 g/mol. The Bertz CT molecular complexity index is 1000. The van der Waals surface area contributed by atoms with Crippen LogP contribution >= 0.6 is 0 Å². The molecule has 0 radical (unpaired) electrons. The fourth-order valence-corrected chi connectivity index (χ4v) is 3.75. The standard InChI is InChI=1S/C28H25NO3/c30-27(31-21-23-13-5-1-6-14-23)29-22-32-28(24-15-7-2-8-16-24,25-17-9-3-10-18-25)26-19-11-4-12-20-26/h1-20H,21-22H2,(H,29,30). The van der Waals surface area contributed by atoms with E-state index in [1.807, 2.05) is 121 Å². The van der Waals surface area contributed by atoms with E-state index in [2.05, 4.69) is 5.32 Å². The van der Waals surface area contributed by atoms with Gasteiger partial charge in [-0.05, 0) is 22.3 Å². The van der Waals surface area contributed by atoms with Gasteiger partial charge in [0.1, 0.15) is 18.9 Å². The maximum atomic E-state index is 12.3. The van der Waals surface area contributed by atoms with Crippen molar-refractivity contribution in [1.29, 1.82) is 0 Å². The largest absolute Gasteiger partial charge is 0.445 e. The summed E-state index contributed by atoms with van der Waals surface area (Å²) in [5.74, 6) is 0. The Kier molecular flexibility index (Phi) is 6.95. The van der Waals surface area contributed by atoms with Crippen LogP contribution in [0.1, 0.15) is 22.3 Å². The minimum atomic E-state index is -0.892. The molecule has 0 aliphatic heterocycles. The number of rotatable bonds is 8. The lowest BCUT2D eigenvalue weighted by Crippen LogP contribution is -2.38. The van der Waals surface area contributed by atoms with Crippen molar-refractivity contribution in [1.82, 2.24) is 5.32 Å². The molecule has 4 rings (SSSR count). The Labute approximate surface area is 188 Å². The number of ether oxygens (including phenoxy) is 2. The molecular formula is C28H25NO3. The molecule has 1 N–H and O–H groups in total. The van der Waals surface area contributed by atoms with Gasteiger partial charge in [0.05, 0.1) is 0 Å². The number of carbonyl (C=O) groups excluding carboxylic acids is 1. The van der Waals surface area contributed by atoms with Gasteiger partial charge in [0.15, 0.2) is 0 Å². The van der Waals surface area contributed by atoms with Crippen LogP contribution in [0.2, 0.25) is 0 Å². The molecule has 0 saturated carbocycles. The molecule has 160 valence electrons. The molecule has 0 aliphatic carbocycles. The molecular weight excluding hydrogens is 398 g/mol. The maximum Gasteiger partial charge on any atom is 0.409 e. The van der Waals surface area contributed by atoms with Crippen molar-refractivity contribution in [2.75, 3.05) is 6.73 Å². The Hall–Kier alpha value is -3.89. The lowest BCUT2D eigenvalue weighted by atomic mass is 9.80. The number of nitrogens with one attached hydrogen (secondary N) is 1. The summed E-state index contributed by atoms with van der Waals surface area (Å²) in [5.41, 5.74) is 2.94. The van der Waals surface area contributed by atoms with Crippen molar-refractivity contribution in [2.24, 2.45) is 0 Å². The number of alkyl carbamates (subject to hydrolysis) is 1. The smallest absolute Gasteiger partial charge is 0.409 e. The van der Waals surface area contributed by atoms with E-state index in [1.54, 1.807) is 0 Å². The van der Waals surface area contributed by atoms with E-state index < -0.39 is 11.7 Å². The molecule has 1 amide bonds. The van der Waals surface area contributed by atoms with E-state index in [0.29, 0.717) is 0 Å². The summed E-state index contributed by atoms with van der Waals surface area (Å²) in [6, 6.07) is 39.6. The molecule has 0 bridgehead atoms. The van der Waals surface area contributed by atoms with Crippen LogP contribution < -0.4 is 5.32 Å². The molecule has 0 heterocycles. The minimum Gasteiger partial charge on any atom is -0.445 e. The van der Waals surface area contributed by atoms with Crippen LogP contribution in [0.15, 0.2) is 121 Å². The van der Waals surface area contributed by atoms with E-state index in [0.717, 1.165) is 22.3 Å². The zero-order chi connectivity index (χ0) is 22.1.